The Morgan fingerprint density at radius 3 is 2.04 bits per heavy atom. The summed E-state index contributed by atoms with van der Waals surface area (Å²) >= 11 is 0. The van der Waals surface area contributed by atoms with Crippen molar-refractivity contribution in [3.05, 3.63) is 42.0 Å². The minimum Gasteiger partial charge on any atom is -0.495 e. The lowest BCUT2D eigenvalue weighted by molar-refractivity contribution is 0.102. The van der Waals surface area contributed by atoms with Gasteiger partial charge >= 0.3 is 0 Å². The summed E-state index contributed by atoms with van der Waals surface area (Å²) in [7, 11) is 6.02. The number of anilines is 1. The Hall–Kier alpha value is -2.89. The SMILES string of the molecule is COc1ccccc1NC(=O)c1ccc(OC)c(OC)c1OC. The van der Waals surface area contributed by atoms with E-state index in [0.29, 0.717) is 34.2 Å². The van der Waals surface area contributed by atoms with E-state index in [1.165, 1.54) is 21.3 Å². The highest BCUT2D eigenvalue weighted by Gasteiger charge is 2.21. The van der Waals surface area contributed by atoms with Crippen molar-refractivity contribution in [2.75, 3.05) is 33.8 Å². The molecule has 0 spiro atoms. The first kappa shape index (κ1) is 16.5. The molecule has 0 radical (unpaired) electrons. The highest BCUT2D eigenvalue weighted by Crippen LogP contribution is 2.40. The predicted octanol–water partition coefficient (Wildman–Crippen LogP) is 2.97. The normalized spacial score (nSPS) is 9.91. The quantitative estimate of drug-likeness (QED) is 0.887. The molecule has 6 heteroatoms. The lowest BCUT2D eigenvalue weighted by Crippen LogP contribution is -2.14. The van der Waals surface area contributed by atoms with Crippen molar-refractivity contribution < 1.29 is 23.7 Å². The van der Waals surface area contributed by atoms with Gasteiger partial charge in [0.1, 0.15) is 5.75 Å². The van der Waals surface area contributed by atoms with Gasteiger partial charge in [0.2, 0.25) is 5.75 Å². The first-order chi connectivity index (χ1) is 11.2. The van der Waals surface area contributed by atoms with Gasteiger partial charge in [0.05, 0.1) is 39.7 Å². The van der Waals surface area contributed by atoms with Crippen molar-refractivity contribution in [3.63, 3.8) is 0 Å². The van der Waals surface area contributed by atoms with E-state index in [4.69, 9.17) is 18.9 Å². The molecule has 122 valence electrons. The van der Waals surface area contributed by atoms with Crippen molar-refractivity contribution in [1.82, 2.24) is 0 Å². The van der Waals surface area contributed by atoms with Crippen LogP contribution in [0.4, 0.5) is 5.69 Å². The van der Waals surface area contributed by atoms with Crippen molar-refractivity contribution in [1.29, 1.82) is 0 Å². The highest BCUT2D eigenvalue weighted by atomic mass is 16.5. The van der Waals surface area contributed by atoms with Gasteiger partial charge in [-0.25, -0.2) is 0 Å². The number of hydrogen-bond donors (Lipinski definition) is 1. The standard InChI is InChI=1S/C17H19NO5/c1-20-13-8-6-5-7-12(13)18-17(19)11-9-10-14(21-2)16(23-4)15(11)22-3/h5-10H,1-4H3,(H,18,19). The zero-order valence-corrected chi connectivity index (χ0v) is 13.5. The van der Waals surface area contributed by atoms with Crippen LogP contribution in [0.2, 0.25) is 0 Å². The summed E-state index contributed by atoms with van der Waals surface area (Å²) in [6, 6.07) is 10.4. The van der Waals surface area contributed by atoms with Crippen LogP contribution in [0.25, 0.3) is 0 Å². The summed E-state index contributed by atoms with van der Waals surface area (Å²) in [4.78, 5) is 12.6. The van der Waals surface area contributed by atoms with E-state index in [2.05, 4.69) is 5.32 Å². The van der Waals surface area contributed by atoms with E-state index in [-0.39, 0.29) is 5.91 Å². The molecular formula is C17H19NO5. The van der Waals surface area contributed by atoms with Crippen LogP contribution in [0.5, 0.6) is 23.0 Å². The maximum Gasteiger partial charge on any atom is 0.259 e. The lowest BCUT2D eigenvalue weighted by atomic mass is 10.1. The number of amides is 1. The zero-order valence-electron chi connectivity index (χ0n) is 13.5. The molecule has 0 saturated heterocycles. The maximum atomic E-state index is 12.6. The topological polar surface area (TPSA) is 66.0 Å². The molecule has 0 atom stereocenters. The third kappa shape index (κ3) is 3.31. The van der Waals surface area contributed by atoms with Crippen LogP contribution in [0.15, 0.2) is 36.4 Å². The molecule has 1 N–H and O–H groups in total. The number of benzene rings is 2. The number of para-hydroxylation sites is 2. The fourth-order valence-corrected chi connectivity index (χ4v) is 2.22. The number of rotatable bonds is 6. The largest absolute Gasteiger partial charge is 0.495 e. The van der Waals surface area contributed by atoms with Gasteiger partial charge in [-0.05, 0) is 24.3 Å². The summed E-state index contributed by atoms with van der Waals surface area (Å²) in [6.45, 7) is 0. The molecule has 0 aliphatic rings. The summed E-state index contributed by atoms with van der Waals surface area (Å²) < 4.78 is 21.1. The van der Waals surface area contributed by atoms with Gasteiger partial charge in [0.15, 0.2) is 11.5 Å². The molecule has 0 aromatic heterocycles. The highest BCUT2D eigenvalue weighted by molar-refractivity contribution is 6.07. The van der Waals surface area contributed by atoms with Crippen LogP contribution in [0.3, 0.4) is 0 Å². The fourth-order valence-electron chi connectivity index (χ4n) is 2.22. The summed E-state index contributed by atoms with van der Waals surface area (Å²) in [5.41, 5.74) is 0.896. The fraction of sp³-hybridized carbons (Fsp3) is 0.235. The Bertz CT molecular complexity index is 699. The smallest absolute Gasteiger partial charge is 0.259 e. The Kier molecular flexibility index (Phi) is 5.30. The van der Waals surface area contributed by atoms with Crippen LogP contribution in [0, 0.1) is 0 Å². The third-order valence-electron chi connectivity index (χ3n) is 3.30. The molecular weight excluding hydrogens is 298 g/mol. The molecule has 0 aliphatic carbocycles. The molecule has 2 rings (SSSR count). The number of nitrogens with one attached hydrogen (secondary N) is 1. The Morgan fingerprint density at radius 2 is 1.43 bits per heavy atom. The summed E-state index contributed by atoms with van der Waals surface area (Å²) in [5.74, 6) is 1.38. The minimum atomic E-state index is -0.340. The van der Waals surface area contributed by atoms with Gasteiger partial charge < -0.3 is 24.3 Å². The molecule has 2 aromatic rings. The number of hydrogen-bond acceptors (Lipinski definition) is 5. The molecule has 0 fully saturated rings. The van der Waals surface area contributed by atoms with E-state index in [0.717, 1.165) is 0 Å². The van der Waals surface area contributed by atoms with Gasteiger partial charge in [-0.3, -0.25) is 4.79 Å². The second-order valence-electron chi connectivity index (χ2n) is 4.54. The summed E-state index contributed by atoms with van der Waals surface area (Å²) in [6.07, 6.45) is 0. The molecule has 0 saturated carbocycles. The predicted molar refractivity (Wildman–Crippen MR) is 87.0 cm³/mol. The van der Waals surface area contributed by atoms with Crippen molar-refractivity contribution in [2.45, 2.75) is 0 Å². The number of carbonyl (C=O) groups excluding carboxylic acids is 1. The van der Waals surface area contributed by atoms with Crippen molar-refractivity contribution in [2.24, 2.45) is 0 Å². The van der Waals surface area contributed by atoms with Crippen molar-refractivity contribution >= 4 is 11.6 Å². The zero-order chi connectivity index (χ0) is 16.8. The molecule has 0 bridgehead atoms. The van der Waals surface area contributed by atoms with Crippen molar-refractivity contribution in [3.8, 4) is 23.0 Å². The second kappa shape index (κ2) is 7.40. The molecule has 0 heterocycles. The first-order valence-corrected chi connectivity index (χ1v) is 6.89. The van der Waals surface area contributed by atoms with Crippen LogP contribution in [-0.2, 0) is 0 Å². The molecule has 2 aromatic carbocycles. The summed E-state index contributed by atoms with van der Waals surface area (Å²) in [5, 5.41) is 2.80. The minimum absolute atomic E-state index is 0.305. The van der Waals surface area contributed by atoms with E-state index in [1.807, 2.05) is 12.1 Å². The van der Waals surface area contributed by atoms with Crippen LogP contribution >= 0.6 is 0 Å². The van der Waals surface area contributed by atoms with Gasteiger partial charge in [-0.15, -0.1) is 0 Å². The average Bonchev–Trinajstić information content (AvgIpc) is 2.60. The third-order valence-corrected chi connectivity index (χ3v) is 3.30. The average molecular weight is 317 g/mol. The molecule has 6 nitrogen and oxygen atoms in total. The monoisotopic (exact) mass is 317 g/mol. The lowest BCUT2D eigenvalue weighted by Gasteiger charge is -2.16. The maximum absolute atomic E-state index is 12.6. The Morgan fingerprint density at radius 1 is 0.783 bits per heavy atom. The number of methoxy groups -OCH3 is 4. The van der Waals surface area contributed by atoms with E-state index < -0.39 is 0 Å². The molecule has 0 unspecified atom stereocenters. The number of carbonyl (C=O) groups is 1. The van der Waals surface area contributed by atoms with Gasteiger partial charge in [-0.1, -0.05) is 12.1 Å². The molecule has 23 heavy (non-hydrogen) atoms. The Labute approximate surface area is 134 Å². The van der Waals surface area contributed by atoms with E-state index in [9.17, 15) is 4.79 Å². The second-order valence-corrected chi connectivity index (χ2v) is 4.54. The van der Waals surface area contributed by atoms with Gasteiger partial charge in [0.25, 0.3) is 5.91 Å². The van der Waals surface area contributed by atoms with Crippen LogP contribution in [0.1, 0.15) is 10.4 Å². The molecule has 0 aliphatic heterocycles. The Balaban J connectivity index is 2.39. The number of ether oxygens (including phenoxy) is 4. The van der Waals surface area contributed by atoms with Gasteiger partial charge in [-0.2, -0.15) is 0 Å². The van der Waals surface area contributed by atoms with Crippen LogP contribution < -0.4 is 24.3 Å². The van der Waals surface area contributed by atoms with Crippen LogP contribution in [-0.4, -0.2) is 34.3 Å². The van der Waals surface area contributed by atoms with E-state index >= 15 is 0 Å². The first-order valence-electron chi connectivity index (χ1n) is 6.89. The van der Waals surface area contributed by atoms with E-state index in [1.54, 1.807) is 31.4 Å². The van der Waals surface area contributed by atoms with Gasteiger partial charge in [0, 0.05) is 0 Å². The molecule has 1 amide bonds.